The molecular weight excluding hydrogens is 426 g/mol. The SMILES string of the molecule is COc1cc(Cc2cnc(N)nc2N)cc(OCCNC(=O)OCc2ccccc2)c1OC. The molecule has 0 bridgehead atoms. The summed E-state index contributed by atoms with van der Waals surface area (Å²) in [5.41, 5.74) is 14.0. The predicted molar refractivity (Wildman–Crippen MR) is 123 cm³/mol. The van der Waals surface area contributed by atoms with Crippen LogP contribution in [0, 0.1) is 0 Å². The number of nitrogen functional groups attached to an aromatic ring is 2. The third kappa shape index (κ3) is 6.63. The molecular formula is C23H27N5O5. The van der Waals surface area contributed by atoms with Gasteiger partial charge < -0.3 is 35.7 Å². The number of hydrogen-bond acceptors (Lipinski definition) is 9. The summed E-state index contributed by atoms with van der Waals surface area (Å²) in [7, 11) is 3.06. The Bertz CT molecular complexity index is 1080. The average Bonchev–Trinajstić information content (AvgIpc) is 2.82. The van der Waals surface area contributed by atoms with Gasteiger partial charge in [0.25, 0.3) is 0 Å². The Labute approximate surface area is 191 Å². The fourth-order valence-electron chi connectivity index (χ4n) is 3.07. The van der Waals surface area contributed by atoms with Crippen LogP contribution in [-0.2, 0) is 17.8 Å². The molecule has 0 saturated heterocycles. The minimum Gasteiger partial charge on any atom is -0.493 e. The average molecular weight is 453 g/mol. The van der Waals surface area contributed by atoms with Crippen LogP contribution in [0.4, 0.5) is 16.6 Å². The molecule has 0 radical (unpaired) electrons. The van der Waals surface area contributed by atoms with E-state index in [1.54, 1.807) is 6.20 Å². The number of amides is 1. The predicted octanol–water partition coefficient (Wildman–Crippen LogP) is 2.55. The van der Waals surface area contributed by atoms with Gasteiger partial charge in [0.2, 0.25) is 11.7 Å². The molecule has 0 aliphatic heterocycles. The maximum absolute atomic E-state index is 11.9. The first-order valence-electron chi connectivity index (χ1n) is 10.2. The summed E-state index contributed by atoms with van der Waals surface area (Å²) in [5.74, 6) is 1.81. The summed E-state index contributed by atoms with van der Waals surface area (Å²) in [6.45, 7) is 0.622. The zero-order valence-corrected chi connectivity index (χ0v) is 18.5. The lowest BCUT2D eigenvalue weighted by molar-refractivity contribution is 0.137. The molecule has 0 spiro atoms. The van der Waals surface area contributed by atoms with Gasteiger partial charge in [0.05, 0.1) is 20.8 Å². The van der Waals surface area contributed by atoms with Gasteiger partial charge in [0.15, 0.2) is 11.5 Å². The van der Waals surface area contributed by atoms with Gasteiger partial charge in [0.1, 0.15) is 19.0 Å². The largest absolute Gasteiger partial charge is 0.493 e. The molecule has 1 heterocycles. The van der Waals surface area contributed by atoms with Crippen LogP contribution >= 0.6 is 0 Å². The van der Waals surface area contributed by atoms with E-state index in [0.29, 0.717) is 35.1 Å². The fourth-order valence-corrected chi connectivity index (χ4v) is 3.07. The number of aromatic nitrogens is 2. The molecule has 10 heteroatoms. The van der Waals surface area contributed by atoms with Crippen LogP contribution in [0.1, 0.15) is 16.7 Å². The van der Waals surface area contributed by atoms with E-state index >= 15 is 0 Å². The summed E-state index contributed by atoms with van der Waals surface area (Å²) in [6.07, 6.45) is 1.49. The highest BCUT2D eigenvalue weighted by Crippen LogP contribution is 2.39. The molecule has 33 heavy (non-hydrogen) atoms. The number of hydrogen-bond donors (Lipinski definition) is 3. The van der Waals surface area contributed by atoms with Crippen molar-refractivity contribution in [1.29, 1.82) is 0 Å². The summed E-state index contributed by atoms with van der Waals surface area (Å²) in [5, 5.41) is 2.65. The first-order valence-corrected chi connectivity index (χ1v) is 10.2. The number of ether oxygens (including phenoxy) is 4. The Kier molecular flexibility index (Phi) is 8.12. The quantitative estimate of drug-likeness (QED) is 0.394. The van der Waals surface area contributed by atoms with Crippen molar-refractivity contribution in [1.82, 2.24) is 15.3 Å². The molecule has 174 valence electrons. The van der Waals surface area contributed by atoms with Crippen molar-refractivity contribution in [2.45, 2.75) is 13.0 Å². The van der Waals surface area contributed by atoms with E-state index in [9.17, 15) is 4.79 Å². The number of methoxy groups -OCH3 is 2. The number of nitrogens with two attached hydrogens (primary N) is 2. The van der Waals surface area contributed by atoms with Crippen LogP contribution in [0.5, 0.6) is 17.2 Å². The number of nitrogens with zero attached hydrogens (tertiary/aromatic N) is 2. The van der Waals surface area contributed by atoms with Crippen molar-refractivity contribution < 1.29 is 23.7 Å². The topological polar surface area (TPSA) is 144 Å². The molecule has 1 amide bonds. The molecule has 0 fully saturated rings. The van der Waals surface area contributed by atoms with Crippen molar-refractivity contribution in [3.63, 3.8) is 0 Å². The van der Waals surface area contributed by atoms with Gasteiger partial charge in [-0.15, -0.1) is 0 Å². The van der Waals surface area contributed by atoms with Crippen molar-refractivity contribution in [3.05, 3.63) is 65.4 Å². The number of nitrogens with one attached hydrogen (secondary N) is 1. The van der Waals surface area contributed by atoms with Crippen LogP contribution < -0.4 is 31.0 Å². The van der Waals surface area contributed by atoms with E-state index < -0.39 is 6.09 Å². The zero-order valence-electron chi connectivity index (χ0n) is 18.5. The Morgan fingerprint density at radius 3 is 2.48 bits per heavy atom. The van der Waals surface area contributed by atoms with Gasteiger partial charge in [-0.1, -0.05) is 30.3 Å². The zero-order chi connectivity index (χ0) is 23.6. The molecule has 0 aliphatic carbocycles. The fraction of sp³-hybridized carbons (Fsp3) is 0.261. The second-order valence-corrected chi connectivity index (χ2v) is 6.98. The van der Waals surface area contributed by atoms with Gasteiger partial charge in [-0.3, -0.25) is 0 Å². The Morgan fingerprint density at radius 1 is 1.03 bits per heavy atom. The van der Waals surface area contributed by atoms with Gasteiger partial charge in [-0.2, -0.15) is 4.98 Å². The van der Waals surface area contributed by atoms with Crippen molar-refractivity contribution in [2.75, 3.05) is 38.8 Å². The molecule has 0 saturated carbocycles. The third-order valence-electron chi connectivity index (χ3n) is 4.66. The normalized spacial score (nSPS) is 10.4. The number of benzene rings is 2. The molecule has 3 rings (SSSR count). The minimum atomic E-state index is -0.528. The maximum Gasteiger partial charge on any atom is 0.407 e. The third-order valence-corrected chi connectivity index (χ3v) is 4.66. The van der Waals surface area contributed by atoms with Crippen LogP contribution in [0.25, 0.3) is 0 Å². The Morgan fingerprint density at radius 2 is 1.79 bits per heavy atom. The highest BCUT2D eigenvalue weighted by atomic mass is 16.6. The molecule has 0 aliphatic rings. The molecule has 5 N–H and O–H groups in total. The van der Waals surface area contributed by atoms with Crippen LogP contribution in [0.2, 0.25) is 0 Å². The van der Waals surface area contributed by atoms with Gasteiger partial charge in [0, 0.05) is 18.2 Å². The van der Waals surface area contributed by atoms with Crippen LogP contribution in [-0.4, -0.2) is 43.4 Å². The smallest absolute Gasteiger partial charge is 0.407 e. The van der Waals surface area contributed by atoms with E-state index in [1.807, 2.05) is 42.5 Å². The first kappa shape index (κ1) is 23.5. The summed E-state index contributed by atoms with van der Waals surface area (Å²) < 4.78 is 21.9. The van der Waals surface area contributed by atoms with Gasteiger partial charge >= 0.3 is 6.09 Å². The van der Waals surface area contributed by atoms with E-state index in [2.05, 4.69) is 15.3 Å². The Balaban J connectivity index is 1.60. The van der Waals surface area contributed by atoms with Crippen molar-refractivity contribution >= 4 is 17.9 Å². The molecule has 1 aromatic heterocycles. The highest BCUT2D eigenvalue weighted by molar-refractivity contribution is 5.67. The lowest BCUT2D eigenvalue weighted by Gasteiger charge is -2.16. The second-order valence-electron chi connectivity index (χ2n) is 6.98. The monoisotopic (exact) mass is 453 g/mol. The van der Waals surface area contributed by atoms with Crippen molar-refractivity contribution in [3.8, 4) is 17.2 Å². The summed E-state index contributed by atoms with van der Waals surface area (Å²) in [4.78, 5) is 19.9. The van der Waals surface area contributed by atoms with E-state index in [4.69, 9.17) is 30.4 Å². The lowest BCUT2D eigenvalue weighted by Crippen LogP contribution is -2.28. The van der Waals surface area contributed by atoms with E-state index in [1.165, 1.54) is 14.2 Å². The standard InChI is InChI=1S/C23H27N5O5/c1-30-18-11-16(10-17-13-27-22(25)28-21(17)24)12-19(20(18)31-2)32-9-8-26-23(29)33-14-15-6-4-3-5-7-15/h3-7,11-13H,8-10,14H2,1-2H3,(H,26,29)(H4,24,25,27,28). The maximum atomic E-state index is 11.9. The van der Waals surface area contributed by atoms with E-state index in [0.717, 1.165) is 11.1 Å². The van der Waals surface area contributed by atoms with Crippen LogP contribution in [0.3, 0.4) is 0 Å². The number of carbonyl (C=O) groups is 1. The first-order chi connectivity index (χ1) is 16.0. The molecule has 3 aromatic rings. The Hall–Kier alpha value is -4.21. The number of rotatable bonds is 10. The van der Waals surface area contributed by atoms with Crippen LogP contribution in [0.15, 0.2) is 48.7 Å². The molecule has 0 unspecified atom stereocenters. The number of alkyl carbamates (subject to hydrolysis) is 1. The van der Waals surface area contributed by atoms with Gasteiger partial charge in [-0.25, -0.2) is 9.78 Å². The molecule has 2 aromatic carbocycles. The molecule has 0 atom stereocenters. The number of anilines is 2. The second kappa shape index (κ2) is 11.4. The molecule has 10 nitrogen and oxygen atoms in total. The van der Waals surface area contributed by atoms with Crippen molar-refractivity contribution in [2.24, 2.45) is 0 Å². The minimum absolute atomic E-state index is 0.113. The summed E-state index contributed by atoms with van der Waals surface area (Å²) >= 11 is 0. The van der Waals surface area contributed by atoms with Gasteiger partial charge in [-0.05, 0) is 23.3 Å². The lowest BCUT2D eigenvalue weighted by atomic mass is 10.1. The number of carbonyl (C=O) groups excluding carboxylic acids is 1. The highest BCUT2D eigenvalue weighted by Gasteiger charge is 2.15. The van der Waals surface area contributed by atoms with E-state index in [-0.39, 0.29) is 25.7 Å². The summed E-state index contributed by atoms with van der Waals surface area (Å²) in [6, 6.07) is 13.1.